The molecule has 0 fully saturated rings. The van der Waals surface area contributed by atoms with E-state index in [2.05, 4.69) is 35.4 Å². The highest BCUT2D eigenvalue weighted by molar-refractivity contribution is 6.02. The molecule has 3 atom stereocenters. The van der Waals surface area contributed by atoms with Crippen molar-refractivity contribution in [2.75, 3.05) is 6.61 Å². The van der Waals surface area contributed by atoms with Crippen LogP contribution in [-0.2, 0) is 23.1 Å². The zero-order chi connectivity index (χ0) is 22.3. The number of hydrogen-bond acceptors (Lipinski definition) is 4. The molecular weight excluding hydrogens is 398 g/mol. The van der Waals surface area contributed by atoms with Crippen molar-refractivity contribution in [3.05, 3.63) is 88.6 Å². The molecule has 0 radical (unpaired) electrons. The van der Waals surface area contributed by atoms with Gasteiger partial charge in [-0.05, 0) is 47.9 Å². The quantitative estimate of drug-likeness (QED) is 0.660. The number of H-pyrrole nitrogens is 1. The predicted octanol–water partition coefficient (Wildman–Crippen LogP) is 4.13. The number of fused-ring (bicyclic) bond motifs is 3. The van der Waals surface area contributed by atoms with Gasteiger partial charge in [-0.1, -0.05) is 61.5 Å². The SMILES string of the molecule is C[C@@H]1C(=O)C(C#N)=C[C@]2(c3ccccc3)c3n[nH]c(-c4ccc(CCO)cc4)c3CC[C@@H]12. The minimum atomic E-state index is -0.612. The number of rotatable bonds is 4. The van der Waals surface area contributed by atoms with Crippen LogP contribution in [0.2, 0.25) is 0 Å². The van der Waals surface area contributed by atoms with Crippen LogP contribution in [0.15, 0.2) is 66.2 Å². The number of aromatic nitrogens is 2. The Bertz CT molecular complexity index is 1230. The van der Waals surface area contributed by atoms with Crippen molar-refractivity contribution < 1.29 is 9.90 Å². The maximum atomic E-state index is 12.9. The van der Waals surface area contributed by atoms with Gasteiger partial charge in [0, 0.05) is 18.1 Å². The summed E-state index contributed by atoms with van der Waals surface area (Å²) in [4.78, 5) is 12.9. The van der Waals surface area contributed by atoms with Gasteiger partial charge in [0.2, 0.25) is 0 Å². The first-order valence-electron chi connectivity index (χ1n) is 11.1. The van der Waals surface area contributed by atoms with Gasteiger partial charge in [-0.15, -0.1) is 0 Å². The molecule has 1 heterocycles. The lowest BCUT2D eigenvalue weighted by Gasteiger charge is -2.47. The summed E-state index contributed by atoms with van der Waals surface area (Å²) in [5.74, 6) is -0.270. The molecule has 2 N–H and O–H groups in total. The molecular formula is C27H25N3O2. The lowest BCUT2D eigenvalue weighted by Crippen LogP contribution is -2.48. The Morgan fingerprint density at radius 1 is 1.19 bits per heavy atom. The van der Waals surface area contributed by atoms with Crippen LogP contribution in [0.5, 0.6) is 0 Å². The fourth-order valence-electron chi connectivity index (χ4n) is 5.64. The Kier molecular flexibility index (Phi) is 5.03. The van der Waals surface area contributed by atoms with Crippen molar-refractivity contribution in [1.82, 2.24) is 10.2 Å². The number of aromatic amines is 1. The highest BCUT2D eigenvalue weighted by atomic mass is 16.3. The number of nitriles is 1. The molecule has 32 heavy (non-hydrogen) atoms. The van der Waals surface area contributed by atoms with Crippen molar-refractivity contribution >= 4 is 5.78 Å². The summed E-state index contributed by atoms with van der Waals surface area (Å²) in [6, 6.07) is 20.5. The fourth-order valence-corrected chi connectivity index (χ4v) is 5.64. The number of carbonyl (C=O) groups is 1. The molecule has 2 aliphatic rings. The van der Waals surface area contributed by atoms with E-state index in [1.807, 2.05) is 43.3 Å². The molecule has 0 aliphatic heterocycles. The minimum absolute atomic E-state index is 0.0464. The molecule has 160 valence electrons. The van der Waals surface area contributed by atoms with Crippen LogP contribution < -0.4 is 0 Å². The first-order chi connectivity index (χ1) is 15.6. The summed E-state index contributed by atoms with van der Waals surface area (Å²) in [5.41, 5.74) is 5.87. The van der Waals surface area contributed by atoms with E-state index < -0.39 is 5.41 Å². The third-order valence-corrected chi connectivity index (χ3v) is 7.22. The van der Waals surface area contributed by atoms with Crippen LogP contribution >= 0.6 is 0 Å². The van der Waals surface area contributed by atoms with Gasteiger partial charge in [0.15, 0.2) is 5.78 Å². The Hall–Kier alpha value is -3.49. The summed E-state index contributed by atoms with van der Waals surface area (Å²) >= 11 is 0. The lowest BCUT2D eigenvalue weighted by atomic mass is 9.54. The van der Waals surface area contributed by atoms with Crippen molar-refractivity contribution in [1.29, 1.82) is 5.26 Å². The molecule has 0 unspecified atom stereocenters. The van der Waals surface area contributed by atoms with Crippen LogP contribution in [-0.4, -0.2) is 27.7 Å². The highest BCUT2D eigenvalue weighted by Gasteiger charge is 2.53. The molecule has 0 spiro atoms. The molecule has 0 saturated heterocycles. The monoisotopic (exact) mass is 423 g/mol. The third-order valence-electron chi connectivity index (χ3n) is 7.22. The number of ketones is 1. The van der Waals surface area contributed by atoms with E-state index in [-0.39, 0.29) is 29.8 Å². The van der Waals surface area contributed by atoms with Gasteiger partial charge in [0.1, 0.15) is 6.07 Å². The van der Waals surface area contributed by atoms with Crippen LogP contribution in [0, 0.1) is 23.2 Å². The predicted molar refractivity (Wildman–Crippen MR) is 122 cm³/mol. The number of aliphatic hydroxyl groups excluding tert-OH is 1. The second-order valence-electron chi connectivity index (χ2n) is 8.80. The van der Waals surface area contributed by atoms with E-state index in [0.29, 0.717) is 6.42 Å². The molecule has 2 aliphatic carbocycles. The number of Topliss-reactive ketones (excluding diaryl/α,β-unsaturated/α-hetero) is 1. The molecule has 2 aromatic carbocycles. The summed E-state index contributed by atoms with van der Waals surface area (Å²) in [5, 5.41) is 27.0. The largest absolute Gasteiger partial charge is 0.396 e. The maximum Gasteiger partial charge on any atom is 0.176 e. The molecule has 5 rings (SSSR count). The second kappa shape index (κ2) is 7.89. The number of carbonyl (C=O) groups excluding carboxylic acids is 1. The van der Waals surface area contributed by atoms with E-state index in [0.717, 1.165) is 46.5 Å². The molecule has 5 heteroatoms. The molecule has 3 aromatic rings. The Morgan fingerprint density at radius 2 is 1.94 bits per heavy atom. The van der Waals surface area contributed by atoms with Crippen LogP contribution in [0.25, 0.3) is 11.3 Å². The normalized spacial score (nSPS) is 24.3. The van der Waals surface area contributed by atoms with Crippen LogP contribution in [0.4, 0.5) is 0 Å². The third kappa shape index (κ3) is 2.95. The zero-order valence-corrected chi connectivity index (χ0v) is 18.0. The number of benzene rings is 2. The highest BCUT2D eigenvalue weighted by Crippen LogP contribution is 2.54. The van der Waals surface area contributed by atoms with Crippen molar-refractivity contribution in [2.45, 2.75) is 31.6 Å². The summed E-state index contributed by atoms with van der Waals surface area (Å²) < 4.78 is 0. The van der Waals surface area contributed by atoms with Gasteiger partial charge < -0.3 is 5.11 Å². The average Bonchev–Trinajstić information content (AvgIpc) is 3.27. The Labute approximate surface area is 187 Å². The van der Waals surface area contributed by atoms with Crippen molar-refractivity contribution in [2.24, 2.45) is 11.8 Å². The standard InChI is InChI=1S/C27H25N3O2/c1-17-23-12-11-22-24(19-9-7-18(8-10-19)13-14-31)29-30-26(22)27(23,15-20(16-28)25(17)32)21-5-3-2-4-6-21/h2-10,15,17,23,31H,11-14H2,1H3,(H,29,30)/t17-,23-,27+/m0/s1. The fraction of sp³-hybridized carbons (Fsp3) is 0.296. The van der Waals surface area contributed by atoms with Gasteiger partial charge in [-0.25, -0.2) is 0 Å². The van der Waals surface area contributed by atoms with E-state index >= 15 is 0 Å². The minimum Gasteiger partial charge on any atom is -0.396 e. The first kappa shape index (κ1) is 20.4. The van der Waals surface area contributed by atoms with Crippen molar-refractivity contribution in [3.8, 4) is 17.3 Å². The van der Waals surface area contributed by atoms with Gasteiger partial charge in [-0.3, -0.25) is 9.89 Å². The zero-order valence-electron chi connectivity index (χ0n) is 18.0. The molecule has 0 bridgehead atoms. The lowest BCUT2D eigenvalue weighted by molar-refractivity contribution is -0.121. The average molecular weight is 424 g/mol. The molecule has 0 amide bonds. The first-order valence-corrected chi connectivity index (χ1v) is 11.1. The maximum absolute atomic E-state index is 12.9. The van der Waals surface area contributed by atoms with E-state index in [9.17, 15) is 15.2 Å². The second-order valence-corrected chi connectivity index (χ2v) is 8.80. The van der Waals surface area contributed by atoms with E-state index in [1.165, 1.54) is 0 Å². The summed E-state index contributed by atoms with van der Waals surface area (Å²) in [6.45, 7) is 2.08. The molecule has 5 nitrogen and oxygen atoms in total. The number of nitrogens with one attached hydrogen (secondary N) is 1. The number of nitrogens with zero attached hydrogens (tertiary/aromatic N) is 2. The van der Waals surface area contributed by atoms with Crippen LogP contribution in [0.1, 0.15) is 35.7 Å². The van der Waals surface area contributed by atoms with E-state index in [1.54, 1.807) is 0 Å². The smallest absolute Gasteiger partial charge is 0.176 e. The van der Waals surface area contributed by atoms with Gasteiger partial charge >= 0.3 is 0 Å². The van der Waals surface area contributed by atoms with Crippen LogP contribution in [0.3, 0.4) is 0 Å². The van der Waals surface area contributed by atoms with Gasteiger partial charge in [0.05, 0.1) is 22.4 Å². The van der Waals surface area contributed by atoms with E-state index in [4.69, 9.17) is 5.10 Å². The topological polar surface area (TPSA) is 89.8 Å². The van der Waals surface area contributed by atoms with Gasteiger partial charge in [0.25, 0.3) is 0 Å². The van der Waals surface area contributed by atoms with Crippen molar-refractivity contribution in [3.63, 3.8) is 0 Å². The van der Waals surface area contributed by atoms with Gasteiger partial charge in [-0.2, -0.15) is 10.4 Å². The number of hydrogen-bond donors (Lipinski definition) is 2. The molecule has 0 saturated carbocycles. The number of allylic oxidation sites excluding steroid dienone is 2. The Morgan fingerprint density at radius 3 is 2.62 bits per heavy atom. The molecule has 1 aromatic heterocycles. The Balaban J connectivity index is 1.72. The summed E-state index contributed by atoms with van der Waals surface area (Å²) in [6.07, 6.45) is 4.18. The number of aliphatic hydroxyl groups is 1. The summed E-state index contributed by atoms with van der Waals surface area (Å²) in [7, 11) is 0.